The van der Waals surface area contributed by atoms with Crippen molar-refractivity contribution in [3.63, 3.8) is 0 Å². The lowest BCUT2D eigenvalue weighted by molar-refractivity contribution is 0.668. The van der Waals surface area contributed by atoms with Crippen molar-refractivity contribution in [2.24, 2.45) is 0 Å². The van der Waals surface area contributed by atoms with Crippen LogP contribution in [-0.2, 0) is 0 Å². The van der Waals surface area contributed by atoms with Crippen LogP contribution in [-0.4, -0.2) is 17.0 Å². The Morgan fingerprint density at radius 1 is 1.12 bits per heavy atom. The lowest BCUT2D eigenvalue weighted by Gasteiger charge is -2.15. The van der Waals surface area contributed by atoms with Gasteiger partial charge in [0.1, 0.15) is 0 Å². The number of hydrogen-bond acceptors (Lipinski definition) is 3. The maximum Gasteiger partial charge on any atom is 0.0763 e. The summed E-state index contributed by atoms with van der Waals surface area (Å²) in [6.45, 7) is 1.99. The van der Waals surface area contributed by atoms with Crippen LogP contribution in [0.1, 0.15) is 23.0 Å². The van der Waals surface area contributed by atoms with Gasteiger partial charge in [-0.1, -0.05) is 12.1 Å². The second-order valence-corrected chi connectivity index (χ2v) is 3.71. The third-order valence-electron chi connectivity index (χ3n) is 2.54. The van der Waals surface area contributed by atoms with Gasteiger partial charge in [-0.3, -0.25) is 9.97 Å². The Hall–Kier alpha value is -1.74. The molecule has 3 nitrogen and oxygen atoms in total. The Kier molecular flexibility index (Phi) is 3.27. The first kappa shape index (κ1) is 10.8. The van der Waals surface area contributed by atoms with Crippen molar-refractivity contribution in [2.75, 3.05) is 7.05 Å². The van der Waals surface area contributed by atoms with Gasteiger partial charge in [-0.15, -0.1) is 0 Å². The number of aromatic nitrogens is 2. The van der Waals surface area contributed by atoms with E-state index >= 15 is 0 Å². The van der Waals surface area contributed by atoms with E-state index in [0.29, 0.717) is 0 Å². The fraction of sp³-hybridized carbons (Fsp3) is 0.231. The number of aryl methyl sites for hydroxylation is 1. The Labute approximate surface area is 95.6 Å². The minimum atomic E-state index is 0.106. The van der Waals surface area contributed by atoms with E-state index in [1.165, 1.54) is 0 Å². The normalized spacial score (nSPS) is 12.4. The molecule has 1 N–H and O–H groups in total. The first-order chi connectivity index (χ1) is 7.81. The monoisotopic (exact) mass is 213 g/mol. The highest BCUT2D eigenvalue weighted by atomic mass is 14.9. The third-order valence-corrected chi connectivity index (χ3v) is 2.54. The van der Waals surface area contributed by atoms with E-state index in [1.807, 2.05) is 44.4 Å². The largest absolute Gasteiger partial charge is 0.308 e. The summed E-state index contributed by atoms with van der Waals surface area (Å²) in [6.07, 6.45) is 3.70. The predicted octanol–water partition coefficient (Wildman–Crippen LogP) is 2.09. The highest BCUT2D eigenvalue weighted by Gasteiger charge is 2.12. The minimum Gasteiger partial charge on any atom is -0.308 e. The van der Waals surface area contributed by atoms with Gasteiger partial charge in [-0.05, 0) is 37.7 Å². The molecule has 2 aromatic rings. The minimum absolute atomic E-state index is 0.106. The van der Waals surface area contributed by atoms with Crippen LogP contribution in [0, 0.1) is 6.92 Å². The molecule has 0 bridgehead atoms. The van der Waals surface area contributed by atoms with Crippen molar-refractivity contribution in [1.82, 2.24) is 15.3 Å². The lowest BCUT2D eigenvalue weighted by Crippen LogP contribution is -2.18. The molecule has 0 aliphatic carbocycles. The molecule has 0 aliphatic rings. The van der Waals surface area contributed by atoms with Gasteiger partial charge in [0.25, 0.3) is 0 Å². The van der Waals surface area contributed by atoms with Crippen LogP contribution in [0.4, 0.5) is 0 Å². The molecule has 2 heterocycles. The molecule has 2 aromatic heterocycles. The van der Waals surface area contributed by atoms with Gasteiger partial charge >= 0.3 is 0 Å². The summed E-state index contributed by atoms with van der Waals surface area (Å²) < 4.78 is 0. The Bertz CT molecular complexity index is 436. The standard InChI is InChI=1S/C13H15N3/c1-10-6-7-11(9-16-10)13(14-2)12-5-3-4-8-15-12/h3-9,13-14H,1-2H3. The van der Waals surface area contributed by atoms with Crippen molar-refractivity contribution in [3.05, 3.63) is 59.7 Å². The van der Waals surface area contributed by atoms with E-state index in [9.17, 15) is 0 Å². The summed E-state index contributed by atoms with van der Waals surface area (Å²) in [4.78, 5) is 8.66. The van der Waals surface area contributed by atoms with Crippen molar-refractivity contribution < 1.29 is 0 Å². The molecule has 0 saturated carbocycles. The fourth-order valence-corrected chi connectivity index (χ4v) is 1.68. The van der Waals surface area contributed by atoms with Crippen LogP contribution >= 0.6 is 0 Å². The summed E-state index contributed by atoms with van der Waals surface area (Å²) in [5.41, 5.74) is 3.17. The zero-order chi connectivity index (χ0) is 11.4. The predicted molar refractivity (Wildman–Crippen MR) is 64.1 cm³/mol. The Morgan fingerprint density at radius 3 is 2.56 bits per heavy atom. The molecule has 0 amide bonds. The molecule has 0 spiro atoms. The Balaban J connectivity index is 2.33. The molecule has 0 radical (unpaired) electrons. The highest BCUT2D eigenvalue weighted by Crippen LogP contribution is 2.18. The van der Waals surface area contributed by atoms with Gasteiger partial charge in [0, 0.05) is 18.1 Å². The highest BCUT2D eigenvalue weighted by molar-refractivity contribution is 5.26. The molecule has 0 saturated heterocycles. The van der Waals surface area contributed by atoms with Crippen molar-refractivity contribution in [3.8, 4) is 0 Å². The average molecular weight is 213 g/mol. The zero-order valence-electron chi connectivity index (χ0n) is 9.51. The molecular formula is C13H15N3. The van der Waals surface area contributed by atoms with Gasteiger partial charge in [-0.25, -0.2) is 0 Å². The van der Waals surface area contributed by atoms with Crippen LogP contribution in [0.5, 0.6) is 0 Å². The number of pyridine rings is 2. The summed E-state index contributed by atoms with van der Waals surface area (Å²) in [7, 11) is 1.93. The van der Waals surface area contributed by atoms with E-state index in [1.54, 1.807) is 6.20 Å². The Morgan fingerprint density at radius 2 is 2.00 bits per heavy atom. The first-order valence-corrected chi connectivity index (χ1v) is 5.32. The molecule has 1 unspecified atom stereocenters. The molecule has 1 atom stereocenters. The van der Waals surface area contributed by atoms with E-state index in [0.717, 1.165) is 17.0 Å². The third kappa shape index (κ3) is 2.25. The fourth-order valence-electron chi connectivity index (χ4n) is 1.68. The smallest absolute Gasteiger partial charge is 0.0763 e. The summed E-state index contributed by atoms with van der Waals surface area (Å²) in [6, 6.07) is 10.1. The summed E-state index contributed by atoms with van der Waals surface area (Å²) >= 11 is 0. The molecule has 3 heteroatoms. The van der Waals surface area contributed by atoms with E-state index in [4.69, 9.17) is 0 Å². The van der Waals surface area contributed by atoms with Gasteiger partial charge in [-0.2, -0.15) is 0 Å². The van der Waals surface area contributed by atoms with Crippen LogP contribution in [0.25, 0.3) is 0 Å². The molecule has 0 aliphatic heterocycles. The topological polar surface area (TPSA) is 37.8 Å². The maximum atomic E-state index is 4.36. The van der Waals surface area contributed by atoms with E-state index < -0.39 is 0 Å². The summed E-state index contributed by atoms with van der Waals surface area (Å²) in [5, 5.41) is 3.25. The molecule has 0 fully saturated rings. The molecule has 0 aromatic carbocycles. The second-order valence-electron chi connectivity index (χ2n) is 3.71. The van der Waals surface area contributed by atoms with Crippen LogP contribution in [0.2, 0.25) is 0 Å². The number of rotatable bonds is 3. The van der Waals surface area contributed by atoms with Gasteiger partial charge < -0.3 is 5.32 Å². The van der Waals surface area contributed by atoms with Crippen LogP contribution < -0.4 is 5.32 Å². The first-order valence-electron chi connectivity index (χ1n) is 5.32. The van der Waals surface area contributed by atoms with Crippen LogP contribution in [0.3, 0.4) is 0 Å². The maximum absolute atomic E-state index is 4.36. The number of nitrogens with one attached hydrogen (secondary N) is 1. The second kappa shape index (κ2) is 4.86. The van der Waals surface area contributed by atoms with Crippen LogP contribution in [0.15, 0.2) is 42.7 Å². The molecule has 82 valence electrons. The number of hydrogen-bond donors (Lipinski definition) is 1. The zero-order valence-corrected chi connectivity index (χ0v) is 9.51. The molecular weight excluding hydrogens is 198 g/mol. The molecule has 2 rings (SSSR count). The number of nitrogens with zero attached hydrogens (tertiary/aromatic N) is 2. The molecule has 16 heavy (non-hydrogen) atoms. The lowest BCUT2D eigenvalue weighted by atomic mass is 10.1. The van der Waals surface area contributed by atoms with Crippen molar-refractivity contribution in [1.29, 1.82) is 0 Å². The average Bonchev–Trinajstić information content (AvgIpc) is 2.34. The van der Waals surface area contributed by atoms with E-state index in [-0.39, 0.29) is 6.04 Å². The van der Waals surface area contributed by atoms with E-state index in [2.05, 4.69) is 21.4 Å². The van der Waals surface area contributed by atoms with Crippen molar-refractivity contribution >= 4 is 0 Å². The quantitative estimate of drug-likeness (QED) is 0.848. The van der Waals surface area contributed by atoms with Gasteiger partial charge in [0.05, 0.1) is 11.7 Å². The summed E-state index contributed by atoms with van der Waals surface area (Å²) in [5.74, 6) is 0. The van der Waals surface area contributed by atoms with Gasteiger partial charge in [0.2, 0.25) is 0 Å². The SMILES string of the molecule is CNC(c1ccc(C)nc1)c1ccccn1. The van der Waals surface area contributed by atoms with Gasteiger partial charge in [0.15, 0.2) is 0 Å². The van der Waals surface area contributed by atoms with Crippen molar-refractivity contribution in [2.45, 2.75) is 13.0 Å².